The predicted octanol–water partition coefficient (Wildman–Crippen LogP) is 4.16. The molecular formula is C23H31N3O5. The number of rotatable bonds is 10. The van der Waals surface area contributed by atoms with Gasteiger partial charge in [0, 0.05) is 13.3 Å². The van der Waals surface area contributed by atoms with Crippen LogP contribution in [0.25, 0.3) is 0 Å². The molecule has 8 nitrogen and oxygen atoms in total. The molecule has 2 N–H and O–H groups in total. The summed E-state index contributed by atoms with van der Waals surface area (Å²) in [5.41, 5.74) is 1.68. The molecule has 0 aliphatic carbocycles. The number of nitrogens with one attached hydrogen (secondary N) is 2. The average molecular weight is 430 g/mol. The van der Waals surface area contributed by atoms with Crippen LogP contribution in [0.3, 0.4) is 0 Å². The molecule has 1 heterocycles. The maximum atomic E-state index is 12.0. The fourth-order valence-corrected chi connectivity index (χ4v) is 2.63. The molecule has 2 amide bonds. The number of hydrogen-bond acceptors (Lipinski definition) is 6. The van der Waals surface area contributed by atoms with Crippen molar-refractivity contribution in [2.24, 2.45) is 0 Å². The molecule has 1 aromatic heterocycles. The summed E-state index contributed by atoms with van der Waals surface area (Å²) < 4.78 is 16.5. The Balaban J connectivity index is 1.83. The lowest BCUT2D eigenvalue weighted by molar-refractivity contribution is -0.114. The highest BCUT2D eigenvalue weighted by Crippen LogP contribution is 2.18. The van der Waals surface area contributed by atoms with Gasteiger partial charge in [0.15, 0.2) is 0 Å². The monoisotopic (exact) mass is 429 g/mol. The number of ether oxygens (including phenoxy) is 3. The van der Waals surface area contributed by atoms with Gasteiger partial charge in [0.05, 0.1) is 37.8 Å². The Bertz CT molecular complexity index is 850. The first-order chi connectivity index (χ1) is 14.7. The Morgan fingerprint density at radius 2 is 1.65 bits per heavy atom. The standard InChI is InChI=1S/C23H31N3O5/c1-17(27)24-19-10-11-21(26-22(28)31-23(2,3)4)25-20(19)12-13-29-14-15-30-16-18-8-6-5-7-9-18/h5-11H,12-16H2,1-4H3,(H,24,27)(H,25,26,28). The summed E-state index contributed by atoms with van der Waals surface area (Å²) in [5.74, 6) is 0.135. The number of pyridine rings is 1. The summed E-state index contributed by atoms with van der Waals surface area (Å²) in [6, 6.07) is 13.2. The predicted molar refractivity (Wildman–Crippen MR) is 119 cm³/mol. The summed E-state index contributed by atoms with van der Waals surface area (Å²) in [7, 11) is 0. The highest BCUT2D eigenvalue weighted by molar-refractivity contribution is 5.90. The Labute approximate surface area is 183 Å². The Kier molecular flexibility index (Phi) is 9.42. The van der Waals surface area contributed by atoms with Gasteiger partial charge in [-0.1, -0.05) is 30.3 Å². The van der Waals surface area contributed by atoms with Gasteiger partial charge in [-0.3, -0.25) is 10.1 Å². The zero-order chi connectivity index (χ0) is 22.7. The van der Waals surface area contributed by atoms with Crippen LogP contribution in [0.15, 0.2) is 42.5 Å². The Hall–Kier alpha value is -2.97. The van der Waals surface area contributed by atoms with Gasteiger partial charge in [-0.05, 0) is 38.5 Å². The number of nitrogens with zero attached hydrogens (tertiary/aromatic N) is 1. The second kappa shape index (κ2) is 12.0. The van der Waals surface area contributed by atoms with Crippen LogP contribution >= 0.6 is 0 Å². The Morgan fingerprint density at radius 1 is 0.935 bits per heavy atom. The molecule has 0 aliphatic rings. The molecule has 8 heteroatoms. The summed E-state index contributed by atoms with van der Waals surface area (Å²) in [6.07, 6.45) is -0.136. The average Bonchev–Trinajstić information content (AvgIpc) is 2.68. The molecule has 0 aliphatic heterocycles. The lowest BCUT2D eigenvalue weighted by Gasteiger charge is -2.19. The third-order valence-corrected chi connectivity index (χ3v) is 3.88. The zero-order valence-corrected chi connectivity index (χ0v) is 18.6. The smallest absolute Gasteiger partial charge is 0.413 e. The van der Waals surface area contributed by atoms with Crippen molar-refractivity contribution >= 4 is 23.5 Å². The molecule has 0 fully saturated rings. The lowest BCUT2D eigenvalue weighted by atomic mass is 10.2. The van der Waals surface area contributed by atoms with Crippen LogP contribution in [0.1, 0.15) is 39.0 Å². The van der Waals surface area contributed by atoms with Gasteiger partial charge >= 0.3 is 6.09 Å². The van der Waals surface area contributed by atoms with E-state index in [1.165, 1.54) is 6.92 Å². The summed E-state index contributed by atoms with van der Waals surface area (Å²) in [6.45, 7) is 8.63. The number of aromatic nitrogens is 1. The van der Waals surface area contributed by atoms with Crippen molar-refractivity contribution in [1.82, 2.24) is 4.98 Å². The molecule has 0 unspecified atom stereocenters. The van der Waals surface area contributed by atoms with Crippen LogP contribution in [-0.2, 0) is 32.0 Å². The SMILES string of the molecule is CC(=O)Nc1ccc(NC(=O)OC(C)(C)C)nc1CCOCCOCc1ccccc1. The number of hydrogen-bond donors (Lipinski definition) is 2. The largest absolute Gasteiger partial charge is 0.444 e. The minimum Gasteiger partial charge on any atom is -0.444 e. The third kappa shape index (κ3) is 10.1. The minimum atomic E-state index is -0.612. The second-order valence-corrected chi connectivity index (χ2v) is 7.90. The molecule has 2 rings (SSSR count). The molecule has 168 valence electrons. The van der Waals surface area contributed by atoms with E-state index in [4.69, 9.17) is 14.2 Å². The first kappa shape index (κ1) is 24.3. The van der Waals surface area contributed by atoms with Crippen LogP contribution in [0.4, 0.5) is 16.3 Å². The number of benzene rings is 1. The molecule has 0 bridgehead atoms. The van der Waals surface area contributed by atoms with E-state index in [1.54, 1.807) is 32.9 Å². The maximum absolute atomic E-state index is 12.0. The molecule has 2 aromatic rings. The fourth-order valence-electron chi connectivity index (χ4n) is 2.63. The number of carbonyl (C=O) groups excluding carboxylic acids is 2. The van der Waals surface area contributed by atoms with Crippen molar-refractivity contribution in [3.8, 4) is 0 Å². The lowest BCUT2D eigenvalue weighted by Crippen LogP contribution is -2.27. The van der Waals surface area contributed by atoms with Crippen molar-refractivity contribution < 1.29 is 23.8 Å². The van der Waals surface area contributed by atoms with Crippen LogP contribution in [-0.4, -0.2) is 42.4 Å². The van der Waals surface area contributed by atoms with E-state index >= 15 is 0 Å². The molecule has 0 saturated carbocycles. The summed E-state index contributed by atoms with van der Waals surface area (Å²) in [5, 5.41) is 5.35. The Morgan fingerprint density at radius 3 is 2.32 bits per heavy atom. The summed E-state index contributed by atoms with van der Waals surface area (Å²) in [4.78, 5) is 27.9. The van der Waals surface area contributed by atoms with E-state index in [1.807, 2.05) is 30.3 Å². The first-order valence-corrected chi connectivity index (χ1v) is 10.2. The van der Waals surface area contributed by atoms with Gasteiger partial charge in [0.1, 0.15) is 11.4 Å². The minimum absolute atomic E-state index is 0.203. The van der Waals surface area contributed by atoms with E-state index in [9.17, 15) is 9.59 Å². The van der Waals surface area contributed by atoms with Crippen LogP contribution in [0.5, 0.6) is 0 Å². The van der Waals surface area contributed by atoms with Gasteiger partial charge in [-0.2, -0.15) is 0 Å². The third-order valence-electron chi connectivity index (χ3n) is 3.88. The molecule has 0 radical (unpaired) electrons. The van der Waals surface area contributed by atoms with Crippen molar-refractivity contribution in [3.05, 3.63) is 53.7 Å². The molecule has 0 spiro atoms. The maximum Gasteiger partial charge on any atom is 0.413 e. The molecule has 0 atom stereocenters. The highest BCUT2D eigenvalue weighted by Gasteiger charge is 2.17. The molecular weight excluding hydrogens is 398 g/mol. The first-order valence-electron chi connectivity index (χ1n) is 10.2. The van der Waals surface area contributed by atoms with Crippen LogP contribution < -0.4 is 10.6 Å². The number of anilines is 2. The van der Waals surface area contributed by atoms with Crippen molar-refractivity contribution in [1.29, 1.82) is 0 Å². The van der Waals surface area contributed by atoms with Gasteiger partial charge in [-0.25, -0.2) is 9.78 Å². The zero-order valence-electron chi connectivity index (χ0n) is 18.6. The van der Waals surface area contributed by atoms with Crippen LogP contribution in [0, 0.1) is 0 Å². The second-order valence-electron chi connectivity index (χ2n) is 7.90. The highest BCUT2D eigenvalue weighted by atomic mass is 16.6. The van der Waals surface area contributed by atoms with E-state index in [2.05, 4.69) is 15.6 Å². The van der Waals surface area contributed by atoms with E-state index in [-0.39, 0.29) is 5.91 Å². The number of amides is 2. The molecule has 1 aromatic carbocycles. The summed E-state index contributed by atoms with van der Waals surface area (Å²) >= 11 is 0. The quantitative estimate of drug-likeness (QED) is 0.550. The number of carbonyl (C=O) groups is 2. The fraction of sp³-hybridized carbons (Fsp3) is 0.435. The van der Waals surface area contributed by atoms with Gasteiger partial charge in [0.2, 0.25) is 5.91 Å². The van der Waals surface area contributed by atoms with Crippen LogP contribution in [0.2, 0.25) is 0 Å². The van der Waals surface area contributed by atoms with Gasteiger partial charge < -0.3 is 19.5 Å². The van der Waals surface area contributed by atoms with Crippen molar-refractivity contribution in [3.63, 3.8) is 0 Å². The molecule has 0 saturated heterocycles. The molecule has 31 heavy (non-hydrogen) atoms. The van der Waals surface area contributed by atoms with Gasteiger partial charge in [-0.15, -0.1) is 0 Å². The van der Waals surface area contributed by atoms with Crippen molar-refractivity contribution in [2.45, 2.75) is 46.3 Å². The van der Waals surface area contributed by atoms with Crippen molar-refractivity contribution in [2.75, 3.05) is 30.5 Å². The van der Waals surface area contributed by atoms with Gasteiger partial charge in [0.25, 0.3) is 0 Å². The van der Waals surface area contributed by atoms with E-state index in [0.29, 0.717) is 50.0 Å². The normalized spacial score (nSPS) is 11.1. The van der Waals surface area contributed by atoms with E-state index < -0.39 is 11.7 Å². The topological polar surface area (TPSA) is 98.8 Å². The van der Waals surface area contributed by atoms with E-state index in [0.717, 1.165) is 5.56 Å².